The molecular weight excluding hydrogens is 207 g/mol. The molecule has 1 aliphatic heterocycles. The molecule has 0 spiro atoms. The van der Waals surface area contributed by atoms with Gasteiger partial charge in [-0.2, -0.15) is 0 Å². The summed E-state index contributed by atoms with van der Waals surface area (Å²) in [5.41, 5.74) is 1.04. The van der Waals surface area contributed by atoms with Crippen LogP contribution in [0.1, 0.15) is 20.8 Å². The van der Waals surface area contributed by atoms with Crippen LogP contribution in [0.15, 0.2) is 18.2 Å². The first kappa shape index (κ1) is 10.9. The van der Waals surface area contributed by atoms with Gasteiger partial charge in [0, 0.05) is 6.04 Å². The fraction of sp³-hybridized carbons (Fsp3) is 0.417. The summed E-state index contributed by atoms with van der Waals surface area (Å²) < 4.78 is 13.7. The fourth-order valence-electron chi connectivity index (χ4n) is 2.00. The second-order valence-corrected chi connectivity index (χ2v) is 4.30. The number of hydrogen-bond acceptors (Lipinski definition) is 2. The number of nitrogens with one attached hydrogen (secondary N) is 1. The highest BCUT2D eigenvalue weighted by molar-refractivity contribution is 6.05. The largest absolute Gasteiger partial charge is 0.372 e. The van der Waals surface area contributed by atoms with Gasteiger partial charge in [-0.3, -0.25) is 4.79 Å². The molecule has 1 aromatic carbocycles. The van der Waals surface area contributed by atoms with Crippen molar-refractivity contribution in [1.29, 1.82) is 0 Å². The molecule has 2 rings (SSSR count). The molecule has 1 amide bonds. The van der Waals surface area contributed by atoms with Gasteiger partial charge >= 0.3 is 0 Å². The van der Waals surface area contributed by atoms with Crippen molar-refractivity contribution in [1.82, 2.24) is 0 Å². The zero-order chi connectivity index (χ0) is 11.9. The molecular formula is C12H15FN2O. The number of rotatable bonds is 1. The predicted molar refractivity (Wildman–Crippen MR) is 62.1 cm³/mol. The van der Waals surface area contributed by atoms with E-state index in [1.165, 1.54) is 11.0 Å². The van der Waals surface area contributed by atoms with Crippen LogP contribution in [-0.2, 0) is 4.79 Å². The summed E-state index contributed by atoms with van der Waals surface area (Å²) in [5, 5.41) is 3.00. The molecule has 4 heteroatoms. The number of benzene rings is 1. The highest BCUT2D eigenvalue weighted by Gasteiger charge is 2.33. The minimum atomic E-state index is -0.362. The van der Waals surface area contributed by atoms with Crippen LogP contribution in [0.4, 0.5) is 15.8 Å². The standard InChI is InChI=1S/C12H15FN2O/c1-7(2)15-11-9(13)5-4-6-10(11)14-8(3)12(15)16/h4-8,14H,1-3H3. The van der Waals surface area contributed by atoms with Crippen LogP contribution in [0, 0.1) is 5.82 Å². The fourth-order valence-corrected chi connectivity index (χ4v) is 2.00. The highest BCUT2D eigenvalue weighted by atomic mass is 19.1. The summed E-state index contributed by atoms with van der Waals surface area (Å²) in [4.78, 5) is 13.5. The summed E-state index contributed by atoms with van der Waals surface area (Å²) in [6.45, 7) is 5.55. The maximum Gasteiger partial charge on any atom is 0.249 e. The molecule has 1 aromatic rings. The molecule has 1 unspecified atom stereocenters. The molecule has 1 aliphatic rings. The van der Waals surface area contributed by atoms with Gasteiger partial charge in [-0.05, 0) is 32.9 Å². The van der Waals surface area contributed by atoms with E-state index in [9.17, 15) is 9.18 Å². The number of fused-ring (bicyclic) bond motifs is 1. The Morgan fingerprint density at radius 2 is 2.12 bits per heavy atom. The van der Waals surface area contributed by atoms with Crippen LogP contribution < -0.4 is 10.2 Å². The van der Waals surface area contributed by atoms with Crippen molar-refractivity contribution >= 4 is 17.3 Å². The number of para-hydroxylation sites is 1. The third-order valence-corrected chi connectivity index (χ3v) is 2.72. The Hall–Kier alpha value is -1.58. The van der Waals surface area contributed by atoms with Gasteiger partial charge in [0.2, 0.25) is 5.91 Å². The van der Waals surface area contributed by atoms with E-state index in [0.29, 0.717) is 11.4 Å². The third kappa shape index (κ3) is 1.54. The van der Waals surface area contributed by atoms with Crippen LogP contribution in [0.5, 0.6) is 0 Å². The monoisotopic (exact) mass is 222 g/mol. The van der Waals surface area contributed by atoms with E-state index in [-0.39, 0.29) is 23.8 Å². The van der Waals surface area contributed by atoms with Crippen molar-refractivity contribution < 1.29 is 9.18 Å². The SMILES string of the molecule is CC1Nc2cccc(F)c2N(C(C)C)C1=O. The Morgan fingerprint density at radius 3 is 2.75 bits per heavy atom. The van der Waals surface area contributed by atoms with E-state index in [0.717, 1.165) is 0 Å². The lowest BCUT2D eigenvalue weighted by atomic mass is 10.1. The van der Waals surface area contributed by atoms with Gasteiger partial charge in [-0.1, -0.05) is 6.07 Å². The Kier molecular flexibility index (Phi) is 2.58. The van der Waals surface area contributed by atoms with Gasteiger partial charge in [0.25, 0.3) is 0 Å². The quantitative estimate of drug-likeness (QED) is 0.791. The van der Waals surface area contributed by atoms with E-state index in [2.05, 4.69) is 5.32 Å². The van der Waals surface area contributed by atoms with Crippen LogP contribution in [0.3, 0.4) is 0 Å². The van der Waals surface area contributed by atoms with E-state index in [1.807, 2.05) is 13.8 Å². The molecule has 0 saturated carbocycles. The van der Waals surface area contributed by atoms with Crippen molar-refractivity contribution in [2.45, 2.75) is 32.9 Å². The molecule has 0 aliphatic carbocycles. The zero-order valence-electron chi connectivity index (χ0n) is 9.62. The number of carbonyl (C=O) groups is 1. The van der Waals surface area contributed by atoms with E-state index in [1.54, 1.807) is 19.1 Å². The molecule has 0 radical (unpaired) electrons. The van der Waals surface area contributed by atoms with Gasteiger partial charge < -0.3 is 10.2 Å². The van der Waals surface area contributed by atoms with Crippen LogP contribution in [0.25, 0.3) is 0 Å². The first-order valence-electron chi connectivity index (χ1n) is 5.40. The van der Waals surface area contributed by atoms with Crippen molar-refractivity contribution in [3.63, 3.8) is 0 Å². The zero-order valence-corrected chi connectivity index (χ0v) is 9.62. The van der Waals surface area contributed by atoms with Gasteiger partial charge in [-0.15, -0.1) is 0 Å². The summed E-state index contributed by atoms with van der Waals surface area (Å²) >= 11 is 0. The maximum absolute atomic E-state index is 13.7. The first-order chi connectivity index (χ1) is 7.52. The van der Waals surface area contributed by atoms with Crippen molar-refractivity contribution in [3.8, 4) is 0 Å². The second kappa shape index (κ2) is 3.77. The highest BCUT2D eigenvalue weighted by Crippen LogP contribution is 2.35. The number of nitrogens with zero attached hydrogens (tertiary/aromatic N) is 1. The molecule has 0 saturated heterocycles. The van der Waals surface area contributed by atoms with E-state index in [4.69, 9.17) is 0 Å². The topological polar surface area (TPSA) is 32.3 Å². The number of anilines is 2. The number of carbonyl (C=O) groups excluding carboxylic acids is 1. The normalized spacial score (nSPS) is 19.7. The first-order valence-corrected chi connectivity index (χ1v) is 5.40. The van der Waals surface area contributed by atoms with Gasteiger partial charge in [0.1, 0.15) is 17.5 Å². The number of halogens is 1. The second-order valence-electron chi connectivity index (χ2n) is 4.30. The Balaban J connectivity index is 2.58. The molecule has 1 atom stereocenters. The van der Waals surface area contributed by atoms with Crippen molar-refractivity contribution in [2.24, 2.45) is 0 Å². The lowest BCUT2D eigenvalue weighted by molar-refractivity contribution is -0.119. The molecule has 0 fully saturated rings. The molecule has 1 heterocycles. The molecule has 3 nitrogen and oxygen atoms in total. The minimum absolute atomic E-state index is 0.0484. The van der Waals surface area contributed by atoms with E-state index < -0.39 is 0 Å². The predicted octanol–water partition coefficient (Wildman–Crippen LogP) is 2.38. The van der Waals surface area contributed by atoms with Gasteiger partial charge in [0.15, 0.2) is 0 Å². The molecule has 16 heavy (non-hydrogen) atoms. The Morgan fingerprint density at radius 1 is 1.44 bits per heavy atom. The van der Waals surface area contributed by atoms with Crippen LogP contribution >= 0.6 is 0 Å². The van der Waals surface area contributed by atoms with Gasteiger partial charge in [-0.25, -0.2) is 4.39 Å². The summed E-state index contributed by atoms with van der Waals surface area (Å²) in [6, 6.07) is 4.45. The summed E-state index contributed by atoms with van der Waals surface area (Å²) in [6.07, 6.45) is 0. The Bertz CT molecular complexity index is 431. The molecule has 0 aromatic heterocycles. The van der Waals surface area contributed by atoms with Gasteiger partial charge in [0.05, 0.1) is 5.69 Å². The molecule has 86 valence electrons. The number of hydrogen-bond donors (Lipinski definition) is 1. The summed E-state index contributed by atoms with van der Waals surface area (Å²) in [7, 11) is 0. The van der Waals surface area contributed by atoms with Crippen LogP contribution in [0.2, 0.25) is 0 Å². The maximum atomic E-state index is 13.7. The molecule has 1 N–H and O–H groups in total. The third-order valence-electron chi connectivity index (χ3n) is 2.72. The van der Waals surface area contributed by atoms with E-state index >= 15 is 0 Å². The lowest BCUT2D eigenvalue weighted by Gasteiger charge is -2.36. The van der Waals surface area contributed by atoms with Crippen molar-refractivity contribution in [2.75, 3.05) is 10.2 Å². The number of amides is 1. The van der Waals surface area contributed by atoms with Crippen molar-refractivity contribution in [3.05, 3.63) is 24.0 Å². The average molecular weight is 222 g/mol. The average Bonchev–Trinajstić information content (AvgIpc) is 2.20. The van der Waals surface area contributed by atoms with Crippen LogP contribution in [-0.4, -0.2) is 18.0 Å². The Labute approximate surface area is 94.3 Å². The molecule has 0 bridgehead atoms. The smallest absolute Gasteiger partial charge is 0.249 e. The summed E-state index contributed by atoms with van der Waals surface area (Å²) in [5.74, 6) is -0.452. The lowest BCUT2D eigenvalue weighted by Crippen LogP contribution is -2.49. The minimum Gasteiger partial charge on any atom is -0.372 e.